The number of rotatable bonds is 8. The Morgan fingerprint density at radius 1 is 0.606 bits per heavy atom. The van der Waals surface area contributed by atoms with Crippen LogP contribution in [0.1, 0.15) is 11.1 Å². The fourth-order valence-electron chi connectivity index (χ4n) is 5.34. The molecule has 1 fully saturated rings. The lowest BCUT2D eigenvalue weighted by Crippen LogP contribution is -2.43. The van der Waals surface area contributed by atoms with E-state index in [9.17, 15) is 0 Å². The predicted molar refractivity (Wildman–Crippen MR) is 139 cm³/mol. The van der Waals surface area contributed by atoms with E-state index < -0.39 is 0 Å². The first-order valence-electron chi connectivity index (χ1n) is 12.1. The summed E-state index contributed by atoms with van der Waals surface area (Å²) in [4.78, 5) is 2.59. The molecule has 1 heterocycles. The maximum absolute atomic E-state index is 3.74. The van der Waals surface area contributed by atoms with Gasteiger partial charge in [-0.1, -0.05) is 97.1 Å². The standard InChI is InChI=1S/C31H32N2/c1-5-13-25(14-6-1)21-27-23-32-24-30(27)31(22-26-15-7-2-8-16-26)33(28-17-9-3-10-18-28)29-19-11-4-12-20-29/h1-20,27,30-32H,21-24H2/t27-,30-,31?/m0/s1. The molecule has 0 aromatic heterocycles. The van der Waals surface area contributed by atoms with Gasteiger partial charge in [-0.25, -0.2) is 0 Å². The molecular weight excluding hydrogens is 400 g/mol. The summed E-state index contributed by atoms with van der Waals surface area (Å²) in [6.07, 6.45) is 2.13. The van der Waals surface area contributed by atoms with Crippen LogP contribution in [-0.4, -0.2) is 19.1 Å². The van der Waals surface area contributed by atoms with Gasteiger partial charge in [0.15, 0.2) is 0 Å². The van der Waals surface area contributed by atoms with E-state index in [2.05, 4.69) is 132 Å². The minimum absolute atomic E-state index is 0.348. The smallest absolute Gasteiger partial charge is 0.0426 e. The Morgan fingerprint density at radius 3 is 1.64 bits per heavy atom. The fraction of sp³-hybridized carbons (Fsp3) is 0.226. The second kappa shape index (κ2) is 10.5. The SMILES string of the molecule is c1ccc(CC([C@H]2CNC[C@@H]2Cc2ccccc2)N(c2ccccc2)c2ccccc2)cc1. The molecule has 1 aliphatic heterocycles. The van der Waals surface area contributed by atoms with Crippen LogP contribution in [0.3, 0.4) is 0 Å². The summed E-state index contributed by atoms with van der Waals surface area (Å²) in [5.74, 6) is 1.13. The quantitative estimate of drug-likeness (QED) is 0.341. The Bertz CT molecular complexity index is 1060. The molecule has 1 saturated heterocycles. The average molecular weight is 433 g/mol. The monoisotopic (exact) mass is 432 g/mol. The summed E-state index contributed by atoms with van der Waals surface area (Å²) in [7, 11) is 0. The normalized spacial score (nSPS) is 18.7. The highest BCUT2D eigenvalue weighted by Crippen LogP contribution is 2.36. The van der Waals surface area contributed by atoms with Gasteiger partial charge in [-0.2, -0.15) is 0 Å². The zero-order valence-corrected chi connectivity index (χ0v) is 19.1. The zero-order valence-electron chi connectivity index (χ0n) is 19.1. The summed E-state index contributed by atoms with van der Waals surface area (Å²) in [5, 5.41) is 3.74. The van der Waals surface area contributed by atoms with E-state index in [-0.39, 0.29) is 0 Å². The van der Waals surface area contributed by atoms with E-state index in [0.717, 1.165) is 25.9 Å². The number of para-hydroxylation sites is 2. The van der Waals surface area contributed by atoms with Crippen molar-refractivity contribution in [3.63, 3.8) is 0 Å². The summed E-state index contributed by atoms with van der Waals surface area (Å²) in [5.41, 5.74) is 5.34. The zero-order chi connectivity index (χ0) is 22.3. The highest BCUT2D eigenvalue weighted by Gasteiger charge is 2.37. The van der Waals surface area contributed by atoms with E-state index in [4.69, 9.17) is 0 Å². The molecule has 4 aromatic carbocycles. The highest BCUT2D eigenvalue weighted by molar-refractivity contribution is 5.64. The lowest BCUT2D eigenvalue weighted by Gasteiger charge is -2.40. The number of benzene rings is 4. The Hall–Kier alpha value is -3.36. The number of anilines is 2. The van der Waals surface area contributed by atoms with Crippen molar-refractivity contribution in [2.45, 2.75) is 18.9 Å². The van der Waals surface area contributed by atoms with E-state index >= 15 is 0 Å². The second-order valence-corrected chi connectivity index (χ2v) is 9.07. The third-order valence-electron chi connectivity index (χ3n) is 6.92. The van der Waals surface area contributed by atoms with Crippen LogP contribution in [0, 0.1) is 11.8 Å². The van der Waals surface area contributed by atoms with E-state index in [0.29, 0.717) is 17.9 Å². The number of nitrogens with zero attached hydrogens (tertiary/aromatic N) is 1. The maximum Gasteiger partial charge on any atom is 0.0426 e. The van der Waals surface area contributed by atoms with Crippen LogP contribution in [0.5, 0.6) is 0 Å². The Balaban J connectivity index is 1.55. The molecule has 2 heteroatoms. The Morgan fingerprint density at radius 2 is 1.09 bits per heavy atom. The van der Waals surface area contributed by atoms with Crippen LogP contribution in [0.15, 0.2) is 121 Å². The van der Waals surface area contributed by atoms with Gasteiger partial charge in [0.2, 0.25) is 0 Å². The second-order valence-electron chi connectivity index (χ2n) is 9.07. The van der Waals surface area contributed by atoms with Gasteiger partial charge in [0.1, 0.15) is 0 Å². The van der Waals surface area contributed by atoms with E-state index in [1.165, 1.54) is 22.5 Å². The van der Waals surface area contributed by atoms with E-state index in [1.807, 2.05) is 0 Å². The van der Waals surface area contributed by atoms with Crippen molar-refractivity contribution in [1.82, 2.24) is 5.32 Å². The molecule has 33 heavy (non-hydrogen) atoms. The predicted octanol–water partition coefficient (Wildman–Crippen LogP) is 6.51. The number of hydrogen-bond acceptors (Lipinski definition) is 2. The Kier molecular flexibility index (Phi) is 6.84. The van der Waals surface area contributed by atoms with Gasteiger partial charge in [0.25, 0.3) is 0 Å². The number of hydrogen-bond donors (Lipinski definition) is 1. The molecule has 0 radical (unpaired) electrons. The molecule has 1 unspecified atom stereocenters. The van der Waals surface area contributed by atoms with Crippen molar-refractivity contribution in [3.05, 3.63) is 132 Å². The molecule has 0 saturated carbocycles. The maximum atomic E-state index is 3.74. The Labute approximate surface area is 197 Å². The molecule has 0 spiro atoms. The van der Waals surface area contributed by atoms with Crippen molar-refractivity contribution < 1.29 is 0 Å². The lowest BCUT2D eigenvalue weighted by molar-refractivity contribution is 0.343. The molecule has 1 aliphatic rings. The van der Waals surface area contributed by atoms with Crippen molar-refractivity contribution in [2.75, 3.05) is 18.0 Å². The average Bonchev–Trinajstić information content (AvgIpc) is 3.34. The highest BCUT2D eigenvalue weighted by atomic mass is 15.2. The van der Waals surface area contributed by atoms with Gasteiger partial charge in [0.05, 0.1) is 0 Å². The molecule has 4 aromatic rings. The molecule has 5 rings (SSSR count). The van der Waals surface area contributed by atoms with Crippen LogP contribution < -0.4 is 10.2 Å². The molecule has 0 amide bonds. The van der Waals surface area contributed by atoms with E-state index in [1.54, 1.807) is 0 Å². The molecular formula is C31H32N2. The van der Waals surface area contributed by atoms with Crippen LogP contribution in [0.2, 0.25) is 0 Å². The molecule has 0 bridgehead atoms. The molecule has 166 valence electrons. The largest absolute Gasteiger partial charge is 0.338 e. The van der Waals surface area contributed by atoms with Gasteiger partial charge in [-0.05, 0) is 66.6 Å². The first-order chi connectivity index (χ1) is 16.4. The van der Waals surface area contributed by atoms with Crippen molar-refractivity contribution >= 4 is 11.4 Å². The minimum Gasteiger partial charge on any atom is -0.338 e. The first kappa shape index (κ1) is 21.5. The van der Waals surface area contributed by atoms with Crippen LogP contribution >= 0.6 is 0 Å². The molecule has 2 nitrogen and oxygen atoms in total. The van der Waals surface area contributed by atoms with Gasteiger partial charge in [-0.15, -0.1) is 0 Å². The van der Waals surface area contributed by atoms with Gasteiger partial charge in [0, 0.05) is 24.0 Å². The third-order valence-corrected chi connectivity index (χ3v) is 6.92. The van der Waals surface area contributed by atoms with Crippen LogP contribution in [0.25, 0.3) is 0 Å². The topological polar surface area (TPSA) is 15.3 Å². The summed E-state index contributed by atoms with van der Waals surface area (Å²) in [6, 6.07) is 44.1. The minimum atomic E-state index is 0.348. The summed E-state index contributed by atoms with van der Waals surface area (Å²) < 4.78 is 0. The fourth-order valence-corrected chi connectivity index (χ4v) is 5.34. The van der Waals surface area contributed by atoms with Crippen LogP contribution in [-0.2, 0) is 12.8 Å². The van der Waals surface area contributed by atoms with Crippen molar-refractivity contribution in [3.8, 4) is 0 Å². The third kappa shape index (κ3) is 5.18. The van der Waals surface area contributed by atoms with Gasteiger partial charge >= 0.3 is 0 Å². The first-order valence-corrected chi connectivity index (χ1v) is 12.1. The van der Waals surface area contributed by atoms with Gasteiger partial charge in [-0.3, -0.25) is 0 Å². The summed E-state index contributed by atoms with van der Waals surface area (Å²) >= 11 is 0. The molecule has 0 aliphatic carbocycles. The van der Waals surface area contributed by atoms with Crippen molar-refractivity contribution in [2.24, 2.45) is 11.8 Å². The molecule has 1 N–H and O–H groups in total. The number of nitrogens with one attached hydrogen (secondary N) is 1. The van der Waals surface area contributed by atoms with Gasteiger partial charge < -0.3 is 10.2 Å². The van der Waals surface area contributed by atoms with Crippen LogP contribution in [0.4, 0.5) is 11.4 Å². The molecule has 3 atom stereocenters. The van der Waals surface area contributed by atoms with Crippen molar-refractivity contribution in [1.29, 1.82) is 0 Å². The summed E-state index contributed by atoms with van der Waals surface area (Å²) in [6.45, 7) is 2.12. The lowest BCUT2D eigenvalue weighted by atomic mass is 9.81.